The Hall–Kier alpha value is -2.56. The zero-order valence-corrected chi connectivity index (χ0v) is 17.0. The molecule has 1 aromatic carbocycles. The van der Waals surface area contributed by atoms with Gasteiger partial charge in [0.2, 0.25) is 5.95 Å². The second-order valence-corrected chi connectivity index (χ2v) is 8.49. The summed E-state index contributed by atoms with van der Waals surface area (Å²) in [5.74, 6) is -4.01. The normalized spacial score (nSPS) is 26.0. The van der Waals surface area contributed by atoms with E-state index >= 15 is 0 Å². The van der Waals surface area contributed by atoms with Gasteiger partial charge in [0.05, 0.1) is 11.7 Å². The molecular formula is C22H21F4N3O3. The first-order chi connectivity index (χ1) is 15.3. The van der Waals surface area contributed by atoms with Gasteiger partial charge < -0.3 is 14.7 Å². The van der Waals surface area contributed by atoms with Crippen molar-refractivity contribution < 1.29 is 32.2 Å². The third kappa shape index (κ3) is 3.46. The molecule has 0 saturated carbocycles. The van der Waals surface area contributed by atoms with Crippen LogP contribution in [0.1, 0.15) is 49.2 Å². The lowest BCUT2D eigenvalue weighted by molar-refractivity contribution is -0.147. The highest BCUT2D eigenvalue weighted by molar-refractivity contribution is 5.88. The summed E-state index contributed by atoms with van der Waals surface area (Å²) in [6.07, 6.45) is -0.0539. The lowest BCUT2D eigenvalue weighted by Crippen LogP contribution is -2.51. The van der Waals surface area contributed by atoms with Crippen molar-refractivity contribution in [3.63, 3.8) is 0 Å². The molecule has 6 nitrogen and oxygen atoms in total. The first-order valence-electron chi connectivity index (χ1n) is 10.5. The third-order valence-electron chi connectivity index (χ3n) is 6.63. The second-order valence-electron chi connectivity index (χ2n) is 8.49. The minimum Gasteiger partial charge on any atom is -0.372 e. The Morgan fingerprint density at radius 1 is 1.06 bits per heavy atom. The quantitative estimate of drug-likeness (QED) is 0.574. The zero-order chi connectivity index (χ0) is 22.6. The Morgan fingerprint density at radius 3 is 2.41 bits per heavy atom. The summed E-state index contributed by atoms with van der Waals surface area (Å²) in [7, 11) is 0. The number of carbonyl (C=O) groups excluding carboxylic acids is 1. The molecule has 3 atom stereocenters. The maximum Gasteiger partial charge on any atom is 0.257 e. The Labute approximate surface area is 181 Å². The van der Waals surface area contributed by atoms with Crippen LogP contribution < -0.4 is 0 Å². The number of aliphatic hydroxyl groups is 1. The van der Waals surface area contributed by atoms with Gasteiger partial charge in [-0.2, -0.15) is 4.39 Å². The van der Waals surface area contributed by atoms with Gasteiger partial charge in [0.1, 0.15) is 17.9 Å². The van der Waals surface area contributed by atoms with E-state index in [9.17, 15) is 27.5 Å². The fraction of sp³-hybridized carbons (Fsp3) is 0.455. The van der Waals surface area contributed by atoms with Crippen molar-refractivity contribution in [3.05, 3.63) is 65.0 Å². The van der Waals surface area contributed by atoms with E-state index in [4.69, 9.17) is 4.74 Å². The van der Waals surface area contributed by atoms with Crippen LogP contribution in [-0.4, -0.2) is 50.7 Å². The monoisotopic (exact) mass is 451 g/mol. The lowest BCUT2D eigenvalue weighted by Gasteiger charge is -2.39. The SMILES string of the molecule is O=C1N2[C@@H](CC[C@H]2c2cc(F)cc(F)c2)OC12CCN(C(O)c1ccc(F)c(F)n1)CC2. The number of likely N-dealkylation sites (tertiary alicyclic amines) is 1. The number of aliphatic hydroxyl groups excluding tert-OH is 1. The number of ether oxygens (including phenoxy) is 1. The highest BCUT2D eigenvalue weighted by Gasteiger charge is 2.58. The maximum absolute atomic E-state index is 13.7. The number of amides is 1. The summed E-state index contributed by atoms with van der Waals surface area (Å²) in [6, 6.07) is 4.92. The van der Waals surface area contributed by atoms with E-state index in [0.29, 0.717) is 18.4 Å². The number of carbonyl (C=O) groups is 1. The molecule has 5 rings (SSSR count). The molecule has 3 saturated heterocycles. The fourth-order valence-electron chi connectivity index (χ4n) is 5.03. The molecule has 0 aliphatic carbocycles. The minimum atomic E-state index is -1.29. The smallest absolute Gasteiger partial charge is 0.257 e. The van der Waals surface area contributed by atoms with Crippen LogP contribution in [0.15, 0.2) is 30.3 Å². The van der Waals surface area contributed by atoms with Crippen LogP contribution in [0.5, 0.6) is 0 Å². The largest absolute Gasteiger partial charge is 0.372 e. The van der Waals surface area contributed by atoms with Gasteiger partial charge >= 0.3 is 0 Å². The van der Waals surface area contributed by atoms with Gasteiger partial charge in [-0.15, -0.1) is 0 Å². The van der Waals surface area contributed by atoms with Crippen molar-refractivity contribution in [1.82, 2.24) is 14.8 Å². The first kappa shape index (κ1) is 21.3. The minimum absolute atomic E-state index is 0.0210. The summed E-state index contributed by atoms with van der Waals surface area (Å²) in [4.78, 5) is 20.0. The van der Waals surface area contributed by atoms with Crippen molar-refractivity contribution in [3.8, 4) is 0 Å². The number of rotatable bonds is 3. The average molecular weight is 451 g/mol. The molecule has 32 heavy (non-hydrogen) atoms. The van der Waals surface area contributed by atoms with E-state index in [1.54, 1.807) is 9.80 Å². The van der Waals surface area contributed by atoms with Crippen molar-refractivity contribution >= 4 is 5.91 Å². The molecule has 2 aromatic rings. The van der Waals surface area contributed by atoms with Crippen molar-refractivity contribution in [1.29, 1.82) is 0 Å². The number of pyridine rings is 1. The molecular weight excluding hydrogens is 430 g/mol. The highest BCUT2D eigenvalue weighted by atomic mass is 19.2. The first-order valence-corrected chi connectivity index (χ1v) is 10.5. The van der Waals surface area contributed by atoms with Crippen LogP contribution in [0, 0.1) is 23.4 Å². The van der Waals surface area contributed by atoms with E-state index in [1.165, 1.54) is 18.2 Å². The molecule has 10 heteroatoms. The third-order valence-corrected chi connectivity index (χ3v) is 6.63. The van der Waals surface area contributed by atoms with E-state index in [0.717, 1.165) is 12.1 Å². The maximum atomic E-state index is 13.7. The summed E-state index contributed by atoms with van der Waals surface area (Å²) in [5, 5.41) is 10.5. The second kappa shape index (κ2) is 7.79. The molecule has 0 bridgehead atoms. The van der Waals surface area contributed by atoms with Gasteiger partial charge in [-0.3, -0.25) is 9.69 Å². The zero-order valence-electron chi connectivity index (χ0n) is 17.0. The topological polar surface area (TPSA) is 65.9 Å². The summed E-state index contributed by atoms with van der Waals surface area (Å²) < 4.78 is 60.2. The molecule has 1 unspecified atom stereocenters. The molecule has 170 valence electrons. The number of aromatic nitrogens is 1. The van der Waals surface area contributed by atoms with Crippen molar-refractivity contribution in [2.45, 2.75) is 49.8 Å². The number of fused-ring (bicyclic) bond motifs is 1. The predicted octanol–water partition coefficient (Wildman–Crippen LogP) is 3.18. The van der Waals surface area contributed by atoms with Gasteiger partial charge in [-0.05, 0) is 55.5 Å². The van der Waals surface area contributed by atoms with E-state index in [-0.39, 0.29) is 37.5 Å². The van der Waals surface area contributed by atoms with Crippen LogP contribution in [0.25, 0.3) is 0 Å². The average Bonchev–Trinajstić information content (AvgIpc) is 3.28. The number of benzene rings is 1. The predicted molar refractivity (Wildman–Crippen MR) is 103 cm³/mol. The van der Waals surface area contributed by atoms with Gasteiger partial charge in [0.15, 0.2) is 17.6 Å². The molecule has 3 aliphatic rings. The number of nitrogens with zero attached hydrogens (tertiary/aromatic N) is 3. The molecule has 1 amide bonds. The van der Waals surface area contributed by atoms with Crippen LogP contribution in [0.4, 0.5) is 17.6 Å². The Morgan fingerprint density at radius 2 is 1.75 bits per heavy atom. The molecule has 1 N–H and O–H groups in total. The van der Waals surface area contributed by atoms with Crippen LogP contribution in [0.3, 0.4) is 0 Å². The number of halogens is 4. The number of piperidine rings is 1. The molecule has 0 radical (unpaired) electrons. The van der Waals surface area contributed by atoms with Gasteiger partial charge in [0.25, 0.3) is 5.91 Å². The van der Waals surface area contributed by atoms with Crippen molar-refractivity contribution in [2.24, 2.45) is 0 Å². The van der Waals surface area contributed by atoms with Gasteiger partial charge in [0, 0.05) is 19.2 Å². The molecule has 4 heterocycles. The van der Waals surface area contributed by atoms with Gasteiger partial charge in [-0.1, -0.05) is 0 Å². The Kier molecular flexibility index (Phi) is 5.18. The summed E-state index contributed by atoms with van der Waals surface area (Å²) in [5.41, 5.74) is -0.698. The van der Waals surface area contributed by atoms with Crippen LogP contribution in [-0.2, 0) is 9.53 Å². The standard InChI is InChI=1S/C22H21F4N3O3/c23-13-9-12(10-14(24)11-13)17-3-4-18-29(17)21(31)22(32-18)5-7-28(8-6-22)20(30)16-2-1-15(25)19(26)27-16/h1-2,9-11,17-18,20,30H,3-8H2/t17-,18+,20?/m0/s1. The molecule has 3 aliphatic heterocycles. The fourth-order valence-corrected chi connectivity index (χ4v) is 5.03. The van der Waals surface area contributed by atoms with Gasteiger partial charge in [-0.25, -0.2) is 18.2 Å². The lowest BCUT2D eigenvalue weighted by atomic mass is 9.89. The molecule has 1 aromatic heterocycles. The molecule has 1 spiro atoms. The van der Waals surface area contributed by atoms with Crippen LogP contribution >= 0.6 is 0 Å². The molecule has 3 fully saturated rings. The summed E-state index contributed by atoms with van der Waals surface area (Å²) >= 11 is 0. The van der Waals surface area contributed by atoms with Crippen LogP contribution in [0.2, 0.25) is 0 Å². The number of hydrogen-bond donors (Lipinski definition) is 1. The number of hydrogen-bond acceptors (Lipinski definition) is 5. The van der Waals surface area contributed by atoms with Crippen molar-refractivity contribution in [2.75, 3.05) is 13.1 Å². The van der Waals surface area contributed by atoms with E-state index in [1.807, 2.05) is 0 Å². The summed E-state index contributed by atoms with van der Waals surface area (Å²) in [6.45, 7) is 0.542. The Balaban J connectivity index is 1.30. The Bertz CT molecular complexity index is 1040. The highest BCUT2D eigenvalue weighted by Crippen LogP contribution is 2.48. The van der Waals surface area contributed by atoms with E-state index < -0.39 is 47.5 Å². The van der Waals surface area contributed by atoms with E-state index in [2.05, 4.69) is 4.98 Å².